The zero-order valence-corrected chi connectivity index (χ0v) is 9.14. The first-order valence-electron chi connectivity index (χ1n) is 5.11. The maximum Gasteiger partial charge on any atom is 0.277 e. The van der Waals surface area contributed by atoms with Crippen LogP contribution < -0.4 is 5.32 Å². The lowest BCUT2D eigenvalue weighted by Gasteiger charge is -2.05. The maximum atomic E-state index is 10.7. The third-order valence-corrected chi connectivity index (χ3v) is 2.16. The highest BCUT2D eigenvalue weighted by atomic mass is 16.6. The fourth-order valence-electron chi connectivity index (χ4n) is 1.26. The third kappa shape index (κ3) is 3.47. The monoisotopic (exact) mass is 225 g/mol. The normalized spacial score (nSPS) is 10.1. The highest BCUT2D eigenvalue weighted by molar-refractivity contribution is 5.48. The molecule has 0 saturated carbocycles. The van der Waals surface area contributed by atoms with Gasteiger partial charge in [-0.15, -0.1) is 0 Å². The van der Waals surface area contributed by atoms with Crippen molar-refractivity contribution < 1.29 is 10.0 Å². The molecule has 1 aromatic rings. The first-order valence-corrected chi connectivity index (χ1v) is 5.11. The van der Waals surface area contributed by atoms with Crippen LogP contribution in [0, 0.1) is 17.0 Å². The number of nitrogens with zero attached hydrogens (tertiary/aromatic N) is 2. The molecule has 0 aliphatic rings. The van der Waals surface area contributed by atoms with Crippen LogP contribution in [0.5, 0.6) is 0 Å². The molecule has 0 unspecified atom stereocenters. The van der Waals surface area contributed by atoms with Gasteiger partial charge in [0.15, 0.2) is 0 Å². The van der Waals surface area contributed by atoms with Gasteiger partial charge in [-0.2, -0.15) is 0 Å². The van der Waals surface area contributed by atoms with Crippen molar-refractivity contribution in [2.75, 3.05) is 18.5 Å². The third-order valence-electron chi connectivity index (χ3n) is 2.16. The highest BCUT2D eigenvalue weighted by Gasteiger charge is 2.11. The molecule has 0 fully saturated rings. The second kappa shape index (κ2) is 6.02. The molecule has 1 aromatic heterocycles. The van der Waals surface area contributed by atoms with Crippen LogP contribution in [0.1, 0.15) is 18.4 Å². The molecule has 6 heteroatoms. The van der Waals surface area contributed by atoms with E-state index < -0.39 is 4.92 Å². The van der Waals surface area contributed by atoms with Crippen molar-refractivity contribution in [3.63, 3.8) is 0 Å². The molecule has 6 nitrogen and oxygen atoms in total. The smallest absolute Gasteiger partial charge is 0.277 e. The summed E-state index contributed by atoms with van der Waals surface area (Å²) in [6.07, 6.45) is 2.99. The summed E-state index contributed by atoms with van der Waals surface area (Å²) in [5.74, 6) is 0.496. The van der Waals surface area contributed by atoms with Gasteiger partial charge in [0.25, 0.3) is 5.69 Å². The summed E-state index contributed by atoms with van der Waals surface area (Å²) >= 11 is 0. The summed E-state index contributed by atoms with van der Waals surface area (Å²) < 4.78 is 0. The average Bonchev–Trinajstić information content (AvgIpc) is 2.26. The van der Waals surface area contributed by atoms with E-state index in [1.165, 1.54) is 12.3 Å². The summed E-state index contributed by atoms with van der Waals surface area (Å²) in [6, 6.07) is 1.42. The van der Waals surface area contributed by atoms with Crippen LogP contribution in [0.25, 0.3) is 0 Å². The molecule has 2 N–H and O–H groups in total. The average molecular weight is 225 g/mol. The Labute approximate surface area is 93.5 Å². The van der Waals surface area contributed by atoms with Gasteiger partial charge >= 0.3 is 0 Å². The molecule has 1 rings (SSSR count). The molecule has 0 aromatic carbocycles. The van der Waals surface area contributed by atoms with E-state index in [1.54, 1.807) is 6.92 Å². The van der Waals surface area contributed by atoms with E-state index in [1.807, 2.05) is 0 Å². The summed E-state index contributed by atoms with van der Waals surface area (Å²) in [7, 11) is 0. The first-order chi connectivity index (χ1) is 7.65. The molecule has 0 saturated heterocycles. The molecule has 0 spiro atoms. The van der Waals surface area contributed by atoms with Gasteiger partial charge in [0.1, 0.15) is 5.82 Å². The van der Waals surface area contributed by atoms with E-state index in [0.29, 0.717) is 24.3 Å². The molecular formula is C10H15N3O3. The van der Waals surface area contributed by atoms with Crippen molar-refractivity contribution in [3.8, 4) is 0 Å². The predicted octanol–water partition coefficient (Wildman–Crippen LogP) is 1.48. The number of nitrogens with one attached hydrogen (secondary N) is 1. The quantitative estimate of drug-likeness (QED) is 0.435. The zero-order chi connectivity index (χ0) is 12.0. The van der Waals surface area contributed by atoms with Crippen molar-refractivity contribution in [2.45, 2.75) is 19.8 Å². The Hall–Kier alpha value is -1.69. The fourth-order valence-corrected chi connectivity index (χ4v) is 1.26. The molecule has 88 valence electrons. The van der Waals surface area contributed by atoms with E-state index in [0.717, 1.165) is 6.42 Å². The van der Waals surface area contributed by atoms with Crippen molar-refractivity contribution >= 4 is 11.5 Å². The van der Waals surface area contributed by atoms with Crippen LogP contribution in [0.2, 0.25) is 0 Å². The lowest BCUT2D eigenvalue weighted by atomic mass is 10.2. The second-order valence-electron chi connectivity index (χ2n) is 3.47. The molecule has 16 heavy (non-hydrogen) atoms. The molecular weight excluding hydrogens is 210 g/mol. The van der Waals surface area contributed by atoms with Crippen LogP contribution in [0.15, 0.2) is 12.3 Å². The van der Waals surface area contributed by atoms with Gasteiger partial charge in [-0.3, -0.25) is 10.1 Å². The Balaban J connectivity index is 2.61. The van der Waals surface area contributed by atoms with Crippen molar-refractivity contribution in [1.82, 2.24) is 4.98 Å². The first kappa shape index (κ1) is 12.4. The molecule has 0 amide bonds. The highest BCUT2D eigenvalue weighted by Crippen LogP contribution is 2.19. The number of hydrogen-bond donors (Lipinski definition) is 2. The van der Waals surface area contributed by atoms with E-state index >= 15 is 0 Å². The standard InChI is InChI=1S/C10H15N3O3/c1-8-7-12-10(6-9(8)13(15)16)11-4-2-3-5-14/h6-7,14H,2-5H2,1H3,(H,11,12). The summed E-state index contributed by atoms with van der Waals surface area (Å²) in [5, 5.41) is 22.2. The number of aryl methyl sites for hydroxylation is 1. The van der Waals surface area contributed by atoms with Crippen LogP contribution >= 0.6 is 0 Å². The summed E-state index contributed by atoms with van der Waals surface area (Å²) in [6.45, 7) is 2.46. The van der Waals surface area contributed by atoms with Crippen LogP contribution in [-0.4, -0.2) is 28.2 Å². The van der Waals surface area contributed by atoms with Crippen LogP contribution in [0.3, 0.4) is 0 Å². The SMILES string of the molecule is Cc1cnc(NCCCCO)cc1[N+](=O)[O-]. The van der Waals surface area contributed by atoms with Gasteiger partial charge < -0.3 is 10.4 Å². The van der Waals surface area contributed by atoms with Gasteiger partial charge in [0, 0.05) is 24.9 Å². The number of unbranched alkanes of at least 4 members (excludes halogenated alkanes) is 1. The number of anilines is 1. The Kier molecular flexibility index (Phi) is 4.65. The van der Waals surface area contributed by atoms with E-state index in [4.69, 9.17) is 5.11 Å². The van der Waals surface area contributed by atoms with Gasteiger partial charge in [-0.25, -0.2) is 4.98 Å². The lowest BCUT2D eigenvalue weighted by molar-refractivity contribution is -0.385. The van der Waals surface area contributed by atoms with Crippen molar-refractivity contribution in [3.05, 3.63) is 27.9 Å². The molecule has 0 aliphatic carbocycles. The Morgan fingerprint density at radius 3 is 2.94 bits per heavy atom. The number of pyridine rings is 1. The number of nitro groups is 1. The van der Waals surface area contributed by atoms with Crippen LogP contribution in [0.4, 0.5) is 11.5 Å². The topological polar surface area (TPSA) is 88.3 Å². The largest absolute Gasteiger partial charge is 0.396 e. The van der Waals surface area contributed by atoms with Gasteiger partial charge in [0.2, 0.25) is 0 Å². The Morgan fingerprint density at radius 2 is 2.31 bits per heavy atom. The zero-order valence-electron chi connectivity index (χ0n) is 9.14. The molecule has 0 bridgehead atoms. The lowest BCUT2D eigenvalue weighted by Crippen LogP contribution is -2.05. The molecule has 1 heterocycles. The van der Waals surface area contributed by atoms with Crippen LogP contribution in [-0.2, 0) is 0 Å². The summed E-state index contributed by atoms with van der Waals surface area (Å²) in [5.41, 5.74) is 0.616. The second-order valence-corrected chi connectivity index (χ2v) is 3.47. The molecule has 0 aliphatic heterocycles. The fraction of sp³-hybridized carbons (Fsp3) is 0.500. The van der Waals surface area contributed by atoms with E-state index in [-0.39, 0.29) is 12.3 Å². The minimum absolute atomic E-state index is 0.0691. The van der Waals surface area contributed by atoms with Crippen molar-refractivity contribution in [2.24, 2.45) is 0 Å². The number of rotatable bonds is 6. The minimum atomic E-state index is -0.421. The Bertz CT molecular complexity index is 368. The van der Waals surface area contributed by atoms with Gasteiger partial charge in [-0.1, -0.05) is 0 Å². The van der Waals surface area contributed by atoms with Gasteiger partial charge in [-0.05, 0) is 19.8 Å². The number of aliphatic hydroxyl groups is 1. The molecule has 0 radical (unpaired) electrons. The number of aromatic nitrogens is 1. The maximum absolute atomic E-state index is 10.7. The summed E-state index contributed by atoms with van der Waals surface area (Å²) in [4.78, 5) is 14.3. The number of hydrogen-bond acceptors (Lipinski definition) is 5. The van der Waals surface area contributed by atoms with E-state index in [2.05, 4.69) is 10.3 Å². The van der Waals surface area contributed by atoms with Gasteiger partial charge in [0.05, 0.1) is 11.0 Å². The predicted molar refractivity (Wildman–Crippen MR) is 60.4 cm³/mol. The van der Waals surface area contributed by atoms with Crippen molar-refractivity contribution in [1.29, 1.82) is 0 Å². The van der Waals surface area contributed by atoms with E-state index in [9.17, 15) is 10.1 Å². The Morgan fingerprint density at radius 1 is 1.56 bits per heavy atom. The minimum Gasteiger partial charge on any atom is -0.396 e. The number of aliphatic hydroxyl groups excluding tert-OH is 1. The molecule has 0 atom stereocenters.